The number of hydrogen-bond acceptors (Lipinski definition) is 3. The van der Waals surface area contributed by atoms with Gasteiger partial charge in [0, 0.05) is 59.5 Å². The number of benzene rings is 2. The maximum Gasteiger partial charge on any atom is 0.256 e. The van der Waals surface area contributed by atoms with Crippen molar-refractivity contribution in [2.24, 2.45) is 0 Å². The van der Waals surface area contributed by atoms with Crippen LogP contribution in [0.15, 0.2) is 48.7 Å². The van der Waals surface area contributed by atoms with Crippen molar-refractivity contribution in [1.29, 1.82) is 0 Å². The van der Waals surface area contributed by atoms with Gasteiger partial charge in [-0.25, -0.2) is 0 Å². The van der Waals surface area contributed by atoms with Gasteiger partial charge in [-0.3, -0.25) is 9.69 Å². The fraction of sp³-hybridized carbons (Fsp3) is 0.286. The molecule has 134 valence electrons. The van der Waals surface area contributed by atoms with E-state index in [4.69, 9.17) is 0 Å². The fourth-order valence-electron chi connectivity index (χ4n) is 3.41. The maximum absolute atomic E-state index is 12.9. The Morgan fingerprint density at radius 1 is 1.15 bits per heavy atom. The Hall–Kier alpha value is -2.24. The van der Waals surface area contributed by atoms with Crippen molar-refractivity contribution in [2.45, 2.75) is 13.5 Å². The zero-order chi connectivity index (χ0) is 17.9. The second-order valence-electron chi connectivity index (χ2n) is 6.75. The van der Waals surface area contributed by atoms with Crippen LogP contribution in [0.25, 0.3) is 10.9 Å². The Balaban J connectivity index is 1.62. The lowest BCUT2D eigenvalue weighted by molar-refractivity contribution is 0.102. The Kier molecular flexibility index (Phi) is 5.00. The molecule has 0 spiro atoms. The topological polar surface area (TPSA) is 48.1 Å². The molecule has 1 amide bonds. The average Bonchev–Trinajstić information content (AvgIpc) is 3.07. The number of thioether (sulfide) groups is 1. The molecule has 2 heterocycles. The number of nitrogens with zero attached hydrogens (tertiary/aromatic N) is 1. The van der Waals surface area contributed by atoms with Crippen molar-refractivity contribution >= 4 is 34.3 Å². The molecule has 0 bridgehead atoms. The molecular weight excluding hydrogens is 342 g/mol. The number of hydrogen-bond donors (Lipinski definition) is 2. The first-order valence-corrected chi connectivity index (χ1v) is 10.1. The highest BCUT2D eigenvalue weighted by Gasteiger charge is 2.18. The molecular formula is C21H23N3OS. The van der Waals surface area contributed by atoms with E-state index >= 15 is 0 Å². The number of rotatable bonds is 4. The van der Waals surface area contributed by atoms with Crippen LogP contribution in [-0.4, -0.2) is 40.4 Å². The Morgan fingerprint density at radius 2 is 1.92 bits per heavy atom. The monoisotopic (exact) mass is 365 g/mol. The first kappa shape index (κ1) is 17.2. The molecule has 0 aliphatic carbocycles. The van der Waals surface area contributed by atoms with E-state index in [0.29, 0.717) is 0 Å². The Labute approximate surface area is 158 Å². The van der Waals surface area contributed by atoms with Gasteiger partial charge in [-0.2, -0.15) is 11.8 Å². The second-order valence-corrected chi connectivity index (χ2v) is 7.98. The zero-order valence-corrected chi connectivity index (χ0v) is 15.7. The predicted molar refractivity (Wildman–Crippen MR) is 110 cm³/mol. The highest BCUT2D eigenvalue weighted by atomic mass is 32.2. The first-order valence-electron chi connectivity index (χ1n) is 8.98. The predicted octanol–water partition coefficient (Wildman–Crippen LogP) is 4.28. The van der Waals surface area contributed by atoms with E-state index in [0.717, 1.165) is 41.8 Å². The molecule has 1 saturated heterocycles. The molecule has 1 aliphatic heterocycles. The molecule has 4 rings (SSSR count). The van der Waals surface area contributed by atoms with Gasteiger partial charge in [0.1, 0.15) is 0 Å². The van der Waals surface area contributed by atoms with Crippen LogP contribution in [0.3, 0.4) is 0 Å². The van der Waals surface area contributed by atoms with E-state index in [1.54, 1.807) is 0 Å². The van der Waals surface area contributed by atoms with Crippen LogP contribution in [0.4, 0.5) is 5.69 Å². The summed E-state index contributed by atoms with van der Waals surface area (Å²) in [6, 6.07) is 13.8. The molecule has 0 unspecified atom stereocenters. The van der Waals surface area contributed by atoms with Crippen molar-refractivity contribution in [3.05, 3.63) is 65.4 Å². The lowest BCUT2D eigenvalue weighted by atomic mass is 10.0. The summed E-state index contributed by atoms with van der Waals surface area (Å²) < 4.78 is 0. The van der Waals surface area contributed by atoms with Gasteiger partial charge in [0.25, 0.3) is 5.91 Å². The van der Waals surface area contributed by atoms with Crippen molar-refractivity contribution in [2.75, 3.05) is 29.9 Å². The number of fused-ring (bicyclic) bond motifs is 1. The van der Waals surface area contributed by atoms with E-state index in [9.17, 15) is 4.79 Å². The van der Waals surface area contributed by atoms with E-state index in [-0.39, 0.29) is 5.91 Å². The van der Waals surface area contributed by atoms with Gasteiger partial charge in [-0.15, -0.1) is 0 Å². The average molecular weight is 366 g/mol. The number of aromatic nitrogens is 1. The van der Waals surface area contributed by atoms with Crippen molar-refractivity contribution in [3.8, 4) is 0 Å². The summed E-state index contributed by atoms with van der Waals surface area (Å²) in [5.41, 5.74) is 4.94. The second kappa shape index (κ2) is 7.56. The molecule has 1 aliphatic rings. The van der Waals surface area contributed by atoms with Gasteiger partial charge in [-0.1, -0.05) is 23.8 Å². The number of aryl methyl sites for hydroxylation is 1. The summed E-state index contributed by atoms with van der Waals surface area (Å²) in [4.78, 5) is 18.7. The number of H-pyrrole nitrogens is 1. The van der Waals surface area contributed by atoms with Gasteiger partial charge in [0.05, 0.1) is 0 Å². The van der Waals surface area contributed by atoms with E-state index < -0.39 is 0 Å². The molecule has 4 nitrogen and oxygen atoms in total. The van der Waals surface area contributed by atoms with Gasteiger partial charge in [0.15, 0.2) is 0 Å². The molecule has 0 atom stereocenters. The highest BCUT2D eigenvalue weighted by molar-refractivity contribution is 7.99. The van der Waals surface area contributed by atoms with Gasteiger partial charge < -0.3 is 10.3 Å². The number of carbonyl (C=O) groups excluding carboxylic acids is 1. The molecule has 0 saturated carbocycles. The van der Waals surface area contributed by atoms with Crippen LogP contribution in [-0.2, 0) is 6.54 Å². The number of nitrogens with one attached hydrogen (secondary N) is 2. The van der Waals surface area contributed by atoms with Crippen LogP contribution in [0.1, 0.15) is 21.5 Å². The molecule has 2 N–H and O–H groups in total. The van der Waals surface area contributed by atoms with E-state index in [1.165, 1.54) is 22.6 Å². The molecule has 1 fully saturated rings. The van der Waals surface area contributed by atoms with Crippen molar-refractivity contribution in [1.82, 2.24) is 9.88 Å². The third-order valence-corrected chi connectivity index (χ3v) is 5.78. The van der Waals surface area contributed by atoms with E-state index in [2.05, 4.69) is 21.4 Å². The number of amides is 1. The lowest BCUT2D eigenvalue weighted by Crippen LogP contribution is -2.31. The highest BCUT2D eigenvalue weighted by Crippen LogP contribution is 2.26. The van der Waals surface area contributed by atoms with Crippen LogP contribution in [0.5, 0.6) is 0 Å². The third kappa shape index (κ3) is 3.64. The third-order valence-electron chi connectivity index (χ3n) is 4.84. The minimum absolute atomic E-state index is 0.0606. The van der Waals surface area contributed by atoms with E-state index in [1.807, 2.05) is 61.2 Å². The number of anilines is 1. The normalized spacial score (nSPS) is 15.3. The van der Waals surface area contributed by atoms with Crippen LogP contribution in [0, 0.1) is 6.92 Å². The quantitative estimate of drug-likeness (QED) is 0.726. The summed E-state index contributed by atoms with van der Waals surface area (Å²) in [5.74, 6) is 2.31. The molecule has 1 aromatic heterocycles. The zero-order valence-electron chi connectivity index (χ0n) is 14.9. The molecule has 0 radical (unpaired) electrons. The van der Waals surface area contributed by atoms with Gasteiger partial charge >= 0.3 is 0 Å². The standard InChI is InChI=1S/C21H23N3OS/c1-15-5-7-17(8-6-15)23-21(25)18-3-2-4-19-20(18)16(13-22-19)14-24-9-11-26-12-10-24/h2-8,13,22H,9-12,14H2,1H3,(H,23,25). The summed E-state index contributed by atoms with van der Waals surface area (Å²) in [5, 5.41) is 4.07. The van der Waals surface area contributed by atoms with Crippen molar-refractivity contribution < 1.29 is 4.79 Å². The number of aromatic amines is 1. The Bertz CT molecular complexity index is 911. The van der Waals surface area contributed by atoms with Crippen LogP contribution >= 0.6 is 11.8 Å². The van der Waals surface area contributed by atoms with Gasteiger partial charge in [0.2, 0.25) is 0 Å². The van der Waals surface area contributed by atoms with Gasteiger partial charge in [-0.05, 0) is 36.8 Å². The van der Waals surface area contributed by atoms with Crippen molar-refractivity contribution in [3.63, 3.8) is 0 Å². The van der Waals surface area contributed by atoms with Crippen LogP contribution < -0.4 is 5.32 Å². The molecule has 2 aromatic carbocycles. The summed E-state index contributed by atoms with van der Waals surface area (Å²) >= 11 is 2.01. The maximum atomic E-state index is 12.9. The summed E-state index contributed by atoms with van der Waals surface area (Å²) in [6.07, 6.45) is 2.05. The summed E-state index contributed by atoms with van der Waals surface area (Å²) in [7, 11) is 0. The Morgan fingerprint density at radius 3 is 2.69 bits per heavy atom. The fourth-order valence-corrected chi connectivity index (χ4v) is 4.38. The number of carbonyl (C=O) groups is 1. The summed E-state index contributed by atoms with van der Waals surface area (Å²) in [6.45, 7) is 5.14. The minimum Gasteiger partial charge on any atom is -0.361 e. The lowest BCUT2D eigenvalue weighted by Gasteiger charge is -2.26. The molecule has 5 heteroatoms. The smallest absolute Gasteiger partial charge is 0.256 e. The molecule has 3 aromatic rings. The van der Waals surface area contributed by atoms with Crippen LogP contribution in [0.2, 0.25) is 0 Å². The molecule has 26 heavy (non-hydrogen) atoms. The first-order chi connectivity index (χ1) is 12.7. The SMILES string of the molecule is Cc1ccc(NC(=O)c2cccc3[nH]cc(CN4CCSCC4)c23)cc1. The largest absolute Gasteiger partial charge is 0.361 e. The minimum atomic E-state index is -0.0606.